The molecule has 2 rings (SSSR count). The first kappa shape index (κ1) is 12.1. The van der Waals surface area contributed by atoms with Gasteiger partial charge >= 0.3 is 0 Å². The maximum absolute atomic E-state index is 5.21. The van der Waals surface area contributed by atoms with E-state index in [0.717, 1.165) is 24.1 Å². The van der Waals surface area contributed by atoms with E-state index in [9.17, 15) is 0 Å². The average Bonchev–Trinajstić information content (AvgIpc) is 2.83. The summed E-state index contributed by atoms with van der Waals surface area (Å²) in [5, 5.41) is 4.24. The van der Waals surface area contributed by atoms with Gasteiger partial charge in [0.05, 0.1) is 6.26 Å². The molecular weight excluding hydrogens is 238 g/mol. The molecule has 1 fully saturated rings. The van der Waals surface area contributed by atoms with Gasteiger partial charge in [-0.05, 0) is 18.2 Å². The number of hydrogen-bond donors (Lipinski definition) is 1. The van der Waals surface area contributed by atoms with Crippen molar-refractivity contribution < 1.29 is 4.42 Å². The molecule has 1 aliphatic rings. The van der Waals surface area contributed by atoms with Gasteiger partial charge in [0.1, 0.15) is 5.76 Å². The molecule has 1 aromatic rings. The summed E-state index contributed by atoms with van der Waals surface area (Å²) in [4.78, 5) is 0. The van der Waals surface area contributed by atoms with Crippen molar-refractivity contribution in [3.8, 4) is 0 Å². The number of hydrogen-bond acceptors (Lipinski definition) is 4. The quantitative estimate of drug-likeness (QED) is 0.818. The zero-order valence-corrected chi connectivity index (χ0v) is 10.9. The van der Waals surface area contributed by atoms with Gasteiger partial charge in [0.2, 0.25) is 0 Å². The molecule has 0 spiro atoms. The van der Waals surface area contributed by atoms with Crippen LogP contribution >= 0.6 is 23.5 Å². The van der Waals surface area contributed by atoms with E-state index in [1.807, 2.05) is 18.2 Å². The highest BCUT2D eigenvalue weighted by Crippen LogP contribution is 2.23. The molecule has 16 heavy (non-hydrogen) atoms. The molecule has 2 nitrogen and oxygen atoms in total. The highest BCUT2D eigenvalue weighted by Gasteiger charge is 2.12. The molecule has 0 aromatic carbocycles. The Labute approximate surface area is 105 Å². The third-order valence-electron chi connectivity index (χ3n) is 2.34. The van der Waals surface area contributed by atoms with Gasteiger partial charge in [-0.3, -0.25) is 0 Å². The number of thioether (sulfide) groups is 2. The SMILES string of the molecule is C(=C\c1ccco1)/CNCC1CSCCS1. The van der Waals surface area contributed by atoms with Gasteiger partial charge in [0.25, 0.3) is 0 Å². The average molecular weight is 255 g/mol. The lowest BCUT2D eigenvalue weighted by atomic mass is 10.4. The lowest BCUT2D eigenvalue weighted by molar-refractivity contribution is 0.556. The highest BCUT2D eigenvalue weighted by atomic mass is 32.2. The molecule has 1 saturated heterocycles. The van der Waals surface area contributed by atoms with Gasteiger partial charge in [-0.15, -0.1) is 0 Å². The molecule has 1 aromatic heterocycles. The minimum atomic E-state index is 0.788. The van der Waals surface area contributed by atoms with Crippen molar-refractivity contribution in [1.29, 1.82) is 0 Å². The fraction of sp³-hybridized carbons (Fsp3) is 0.500. The summed E-state index contributed by atoms with van der Waals surface area (Å²) in [6, 6.07) is 3.87. The van der Waals surface area contributed by atoms with Crippen molar-refractivity contribution in [2.45, 2.75) is 5.25 Å². The van der Waals surface area contributed by atoms with Crippen LogP contribution in [0.4, 0.5) is 0 Å². The van der Waals surface area contributed by atoms with Gasteiger partial charge in [-0.2, -0.15) is 23.5 Å². The second-order valence-corrected chi connectivity index (χ2v) is 6.20. The molecule has 1 unspecified atom stereocenters. The zero-order valence-electron chi connectivity index (χ0n) is 9.22. The molecule has 1 aliphatic heterocycles. The Morgan fingerprint density at radius 3 is 3.25 bits per heavy atom. The van der Waals surface area contributed by atoms with E-state index in [1.165, 1.54) is 17.3 Å². The summed E-state index contributed by atoms with van der Waals surface area (Å²) in [6.07, 6.45) is 5.82. The molecule has 4 heteroatoms. The van der Waals surface area contributed by atoms with Crippen LogP contribution in [0.5, 0.6) is 0 Å². The normalized spacial score (nSPS) is 21.6. The van der Waals surface area contributed by atoms with Crippen molar-refractivity contribution in [3.63, 3.8) is 0 Å². The Bertz CT molecular complexity index is 305. The lowest BCUT2D eigenvalue weighted by Gasteiger charge is -2.20. The highest BCUT2D eigenvalue weighted by molar-refractivity contribution is 8.06. The topological polar surface area (TPSA) is 25.2 Å². The van der Waals surface area contributed by atoms with E-state index < -0.39 is 0 Å². The summed E-state index contributed by atoms with van der Waals surface area (Å²) >= 11 is 4.16. The summed E-state index contributed by atoms with van der Waals surface area (Å²) in [5.74, 6) is 4.84. The summed E-state index contributed by atoms with van der Waals surface area (Å²) < 4.78 is 5.21. The third-order valence-corrected chi connectivity index (χ3v) is 5.19. The smallest absolute Gasteiger partial charge is 0.126 e. The fourth-order valence-electron chi connectivity index (χ4n) is 1.54. The Morgan fingerprint density at radius 2 is 2.50 bits per heavy atom. The van der Waals surface area contributed by atoms with Crippen LogP contribution in [0.2, 0.25) is 0 Å². The van der Waals surface area contributed by atoms with Crippen molar-refractivity contribution in [1.82, 2.24) is 5.32 Å². The summed E-state index contributed by atoms with van der Waals surface area (Å²) in [7, 11) is 0. The minimum Gasteiger partial charge on any atom is -0.465 e. The van der Waals surface area contributed by atoms with E-state index in [-0.39, 0.29) is 0 Å². The van der Waals surface area contributed by atoms with Gasteiger partial charge in [-0.1, -0.05) is 6.08 Å². The Morgan fingerprint density at radius 1 is 1.50 bits per heavy atom. The number of furan rings is 1. The van der Waals surface area contributed by atoms with Crippen molar-refractivity contribution in [2.24, 2.45) is 0 Å². The van der Waals surface area contributed by atoms with Crippen LogP contribution in [0, 0.1) is 0 Å². The first-order valence-electron chi connectivity index (χ1n) is 5.55. The Hall–Kier alpha value is -0.320. The van der Waals surface area contributed by atoms with E-state index in [2.05, 4.69) is 34.9 Å². The van der Waals surface area contributed by atoms with Gasteiger partial charge in [-0.25, -0.2) is 0 Å². The predicted molar refractivity (Wildman–Crippen MR) is 74.2 cm³/mol. The van der Waals surface area contributed by atoms with Crippen molar-refractivity contribution in [2.75, 3.05) is 30.3 Å². The maximum Gasteiger partial charge on any atom is 0.126 e. The van der Waals surface area contributed by atoms with Crippen molar-refractivity contribution >= 4 is 29.6 Å². The molecule has 0 bridgehead atoms. The van der Waals surface area contributed by atoms with Gasteiger partial charge < -0.3 is 9.73 Å². The maximum atomic E-state index is 5.21. The second-order valence-electron chi connectivity index (χ2n) is 3.64. The minimum absolute atomic E-state index is 0.788. The van der Waals surface area contributed by atoms with Gasteiger partial charge in [0.15, 0.2) is 0 Å². The van der Waals surface area contributed by atoms with E-state index in [1.54, 1.807) is 6.26 Å². The summed E-state index contributed by atoms with van der Waals surface area (Å²) in [5.41, 5.74) is 0. The van der Waals surface area contributed by atoms with Crippen LogP contribution in [0.25, 0.3) is 6.08 Å². The fourth-order valence-corrected chi connectivity index (χ4v) is 4.19. The molecule has 0 saturated carbocycles. The number of rotatable bonds is 5. The van der Waals surface area contributed by atoms with Crippen molar-refractivity contribution in [3.05, 3.63) is 30.2 Å². The van der Waals surface area contributed by atoms with Crippen LogP contribution in [0.15, 0.2) is 28.9 Å². The van der Waals surface area contributed by atoms with Gasteiger partial charge in [0, 0.05) is 35.6 Å². The zero-order chi connectivity index (χ0) is 11.1. The lowest BCUT2D eigenvalue weighted by Crippen LogP contribution is -2.28. The van der Waals surface area contributed by atoms with Crippen LogP contribution in [-0.2, 0) is 0 Å². The molecule has 0 amide bonds. The molecule has 1 N–H and O–H groups in total. The largest absolute Gasteiger partial charge is 0.465 e. The molecule has 2 heterocycles. The third kappa shape index (κ3) is 4.28. The first-order valence-corrected chi connectivity index (χ1v) is 7.75. The standard InChI is InChI=1S/C12H17NOS2/c1(3-11-4-2-6-14-11)5-13-9-12-10-15-7-8-16-12/h1-4,6,12-13H,5,7-10H2/b3-1+. The molecule has 1 atom stereocenters. The van der Waals surface area contributed by atoms with Crippen LogP contribution in [-0.4, -0.2) is 35.6 Å². The summed E-state index contributed by atoms with van der Waals surface area (Å²) in [6.45, 7) is 2.03. The molecule has 88 valence electrons. The van der Waals surface area contributed by atoms with Crippen LogP contribution < -0.4 is 5.32 Å². The van der Waals surface area contributed by atoms with Crippen LogP contribution in [0.1, 0.15) is 5.76 Å². The molecule has 0 radical (unpaired) electrons. The predicted octanol–water partition coefficient (Wildman–Crippen LogP) is 2.73. The Kier molecular flexibility index (Phi) is 5.38. The molecule has 0 aliphatic carbocycles. The molecular formula is C12H17NOS2. The van der Waals surface area contributed by atoms with E-state index >= 15 is 0 Å². The number of nitrogens with one attached hydrogen (secondary N) is 1. The monoisotopic (exact) mass is 255 g/mol. The Balaban J connectivity index is 1.57. The van der Waals surface area contributed by atoms with Crippen LogP contribution in [0.3, 0.4) is 0 Å². The first-order chi connectivity index (χ1) is 7.95. The van der Waals surface area contributed by atoms with E-state index in [0.29, 0.717) is 0 Å². The van der Waals surface area contributed by atoms with E-state index in [4.69, 9.17) is 4.42 Å². The second kappa shape index (κ2) is 7.09.